The Balaban J connectivity index is 1.89. The fourth-order valence-electron chi connectivity index (χ4n) is 4.04. The molecule has 0 aromatic heterocycles. The molecule has 2 heteroatoms. The molecule has 0 unspecified atom stereocenters. The highest BCUT2D eigenvalue weighted by molar-refractivity contribution is 4.87. The highest BCUT2D eigenvalue weighted by atomic mass is 15.1. The molecule has 0 aromatic carbocycles. The van der Waals surface area contributed by atoms with Gasteiger partial charge in [0.25, 0.3) is 0 Å². The van der Waals surface area contributed by atoms with Crippen LogP contribution in [-0.4, -0.2) is 37.6 Å². The van der Waals surface area contributed by atoms with Gasteiger partial charge in [-0.1, -0.05) is 46.0 Å². The van der Waals surface area contributed by atoms with Crippen LogP contribution in [0.3, 0.4) is 0 Å². The summed E-state index contributed by atoms with van der Waals surface area (Å²) in [4.78, 5) is 2.65. The van der Waals surface area contributed by atoms with E-state index in [1.807, 2.05) is 0 Å². The van der Waals surface area contributed by atoms with E-state index < -0.39 is 0 Å². The monoisotopic (exact) mass is 280 g/mol. The van der Waals surface area contributed by atoms with Gasteiger partial charge in [-0.15, -0.1) is 0 Å². The topological polar surface area (TPSA) is 15.3 Å². The smallest absolute Gasteiger partial charge is 0.00472 e. The molecule has 2 saturated carbocycles. The normalized spacial score (nSPS) is 23.9. The molecule has 1 N–H and O–H groups in total. The molecule has 0 bridgehead atoms. The van der Waals surface area contributed by atoms with E-state index in [4.69, 9.17) is 0 Å². The third-order valence-corrected chi connectivity index (χ3v) is 5.45. The van der Waals surface area contributed by atoms with Crippen LogP contribution in [0.4, 0.5) is 0 Å². The lowest BCUT2D eigenvalue weighted by Crippen LogP contribution is -2.45. The SMILES string of the molecule is CC(C)NCC1(CN(C)CC2CCC2)CCCCCC1. The van der Waals surface area contributed by atoms with Crippen molar-refractivity contribution in [2.45, 2.75) is 77.7 Å². The molecule has 0 heterocycles. The predicted molar refractivity (Wildman–Crippen MR) is 88.1 cm³/mol. The van der Waals surface area contributed by atoms with Crippen molar-refractivity contribution < 1.29 is 0 Å². The van der Waals surface area contributed by atoms with Crippen molar-refractivity contribution in [3.05, 3.63) is 0 Å². The van der Waals surface area contributed by atoms with Gasteiger partial charge >= 0.3 is 0 Å². The minimum Gasteiger partial charge on any atom is -0.314 e. The highest BCUT2D eigenvalue weighted by Crippen LogP contribution is 2.36. The summed E-state index contributed by atoms with van der Waals surface area (Å²) in [5.41, 5.74) is 0.541. The predicted octanol–water partition coefficient (Wildman–Crippen LogP) is 4.06. The average Bonchev–Trinajstić information content (AvgIpc) is 2.58. The number of nitrogens with one attached hydrogen (secondary N) is 1. The molecule has 0 spiro atoms. The van der Waals surface area contributed by atoms with Crippen LogP contribution in [0.15, 0.2) is 0 Å². The maximum absolute atomic E-state index is 3.74. The summed E-state index contributed by atoms with van der Waals surface area (Å²) in [6.45, 7) is 8.43. The molecule has 0 atom stereocenters. The summed E-state index contributed by atoms with van der Waals surface area (Å²) >= 11 is 0. The van der Waals surface area contributed by atoms with Gasteiger partial charge in [-0.05, 0) is 44.1 Å². The average molecular weight is 280 g/mol. The fraction of sp³-hybridized carbons (Fsp3) is 1.00. The van der Waals surface area contributed by atoms with E-state index in [2.05, 4.69) is 31.1 Å². The first kappa shape index (κ1) is 16.3. The minimum absolute atomic E-state index is 0.541. The van der Waals surface area contributed by atoms with Crippen LogP contribution in [-0.2, 0) is 0 Å². The van der Waals surface area contributed by atoms with Crippen molar-refractivity contribution >= 4 is 0 Å². The summed E-state index contributed by atoms with van der Waals surface area (Å²) in [6, 6.07) is 0.618. The Bertz CT molecular complexity index is 263. The molecule has 0 amide bonds. The number of rotatable bonds is 7. The van der Waals surface area contributed by atoms with E-state index >= 15 is 0 Å². The quantitative estimate of drug-likeness (QED) is 0.708. The Morgan fingerprint density at radius 3 is 2.20 bits per heavy atom. The Morgan fingerprint density at radius 2 is 1.70 bits per heavy atom. The molecule has 2 fully saturated rings. The van der Waals surface area contributed by atoms with Gasteiger partial charge in [0, 0.05) is 25.7 Å². The Labute approximate surface area is 126 Å². The van der Waals surface area contributed by atoms with E-state index in [0.29, 0.717) is 11.5 Å². The molecule has 0 aliphatic heterocycles. The van der Waals surface area contributed by atoms with Crippen molar-refractivity contribution in [1.29, 1.82) is 0 Å². The van der Waals surface area contributed by atoms with Gasteiger partial charge in [-0.25, -0.2) is 0 Å². The van der Waals surface area contributed by atoms with Crippen LogP contribution in [0, 0.1) is 11.3 Å². The van der Waals surface area contributed by atoms with Gasteiger partial charge in [0.1, 0.15) is 0 Å². The standard InChI is InChI=1S/C18H36N2/c1-16(2)19-14-18(11-6-4-5-7-12-18)15-20(3)13-17-9-8-10-17/h16-17,19H,4-15H2,1-3H3. The largest absolute Gasteiger partial charge is 0.314 e. The fourth-order valence-corrected chi connectivity index (χ4v) is 4.04. The Hall–Kier alpha value is -0.0800. The maximum atomic E-state index is 3.74. The van der Waals surface area contributed by atoms with Crippen LogP contribution in [0.1, 0.15) is 71.6 Å². The molecular weight excluding hydrogens is 244 g/mol. The van der Waals surface area contributed by atoms with E-state index in [-0.39, 0.29) is 0 Å². The molecule has 2 rings (SSSR count). The molecule has 20 heavy (non-hydrogen) atoms. The van der Waals surface area contributed by atoms with Crippen LogP contribution >= 0.6 is 0 Å². The summed E-state index contributed by atoms with van der Waals surface area (Å²) < 4.78 is 0. The number of nitrogens with zero attached hydrogens (tertiary/aromatic N) is 1. The molecule has 0 saturated heterocycles. The summed E-state index contributed by atoms with van der Waals surface area (Å²) in [5, 5.41) is 3.74. The van der Waals surface area contributed by atoms with Gasteiger partial charge in [-0.3, -0.25) is 0 Å². The van der Waals surface area contributed by atoms with Gasteiger partial charge in [-0.2, -0.15) is 0 Å². The molecule has 2 nitrogen and oxygen atoms in total. The minimum atomic E-state index is 0.541. The zero-order chi connectivity index (χ0) is 14.4. The van der Waals surface area contributed by atoms with Crippen LogP contribution in [0.5, 0.6) is 0 Å². The second-order valence-corrected chi connectivity index (χ2v) is 7.94. The van der Waals surface area contributed by atoms with Crippen LogP contribution < -0.4 is 5.32 Å². The van der Waals surface area contributed by atoms with Crippen molar-refractivity contribution in [1.82, 2.24) is 10.2 Å². The number of hydrogen-bond donors (Lipinski definition) is 1. The molecule has 2 aliphatic carbocycles. The lowest BCUT2D eigenvalue weighted by atomic mass is 9.78. The summed E-state index contributed by atoms with van der Waals surface area (Å²) in [5.74, 6) is 1.00. The van der Waals surface area contributed by atoms with Crippen molar-refractivity contribution in [2.24, 2.45) is 11.3 Å². The second kappa shape index (κ2) is 7.79. The van der Waals surface area contributed by atoms with Gasteiger partial charge < -0.3 is 10.2 Å². The molecule has 0 radical (unpaired) electrons. The van der Waals surface area contributed by atoms with Crippen molar-refractivity contribution in [3.63, 3.8) is 0 Å². The van der Waals surface area contributed by atoms with Gasteiger partial charge in [0.05, 0.1) is 0 Å². The third kappa shape index (κ3) is 5.04. The van der Waals surface area contributed by atoms with Crippen LogP contribution in [0.2, 0.25) is 0 Å². The zero-order valence-corrected chi connectivity index (χ0v) is 14.1. The first-order valence-electron chi connectivity index (χ1n) is 9.02. The van der Waals surface area contributed by atoms with Crippen LogP contribution in [0.25, 0.3) is 0 Å². The third-order valence-electron chi connectivity index (χ3n) is 5.45. The van der Waals surface area contributed by atoms with E-state index in [0.717, 1.165) is 5.92 Å². The lowest BCUT2D eigenvalue weighted by molar-refractivity contribution is 0.115. The molecule has 118 valence electrons. The van der Waals surface area contributed by atoms with E-state index in [9.17, 15) is 0 Å². The first-order valence-corrected chi connectivity index (χ1v) is 9.02. The molecule has 0 aromatic rings. The van der Waals surface area contributed by atoms with Gasteiger partial charge in [0.15, 0.2) is 0 Å². The second-order valence-electron chi connectivity index (χ2n) is 7.94. The number of hydrogen-bond acceptors (Lipinski definition) is 2. The van der Waals surface area contributed by atoms with E-state index in [1.54, 1.807) is 0 Å². The Morgan fingerprint density at radius 1 is 1.05 bits per heavy atom. The van der Waals surface area contributed by atoms with Crippen molar-refractivity contribution in [2.75, 3.05) is 26.7 Å². The zero-order valence-electron chi connectivity index (χ0n) is 14.1. The lowest BCUT2D eigenvalue weighted by Gasteiger charge is -2.39. The Kier molecular flexibility index (Phi) is 6.35. The maximum Gasteiger partial charge on any atom is 0.00472 e. The van der Waals surface area contributed by atoms with Gasteiger partial charge in [0.2, 0.25) is 0 Å². The van der Waals surface area contributed by atoms with Crippen molar-refractivity contribution in [3.8, 4) is 0 Å². The molecule has 2 aliphatic rings. The first-order chi connectivity index (χ1) is 9.60. The summed E-state index contributed by atoms with van der Waals surface area (Å²) in [7, 11) is 2.36. The molecular formula is C18H36N2. The summed E-state index contributed by atoms with van der Waals surface area (Å²) in [6.07, 6.45) is 13.1. The highest BCUT2D eigenvalue weighted by Gasteiger charge is 2.33. The van der Waals surface area contributed by atoms with E-state index in [1.165, 1.54) is 77.4 Å².